The highest BCUT2D eigenvalue weighted by Gasteiger charge is 2.20. The van der Waals surface area contributed by atoms with Crippen LogP contribution in [0.5, 0.6) is 0 Å². The van der Waals surface area contributed by atoms with Crippen LogP contribution in [-0.4, -0.2) is 48.8 Å². The number of nitrogens with zero attached hydrogens (tertiary/aromatic N) is 1. The van der Waals surface area contributed by atoms with Gasteiger partial charge in [0, 0.05) is 33.4 Å². The molecule has 1 atom stereocenters. The minimum atomic E-state index is -0.948. The fraction of sp³-hybridized carbons (Fsp3) is 0.529. The molecule has 0 saturated carbocycles. The lowest BCUT2D eigenvalue weighted by atomic mass is 10.0. The first-order valence-corrected chi connectivity index (χ1v) is 7.94. The Morgan fingerprint density at radius 3 is 2.65 bits per heavy atom. The van der Waals surface area contributed by atoms with Crippen LogP contribution < -0.4 is 5.32 Å². The Morgan fingerprint density at radius 1 is 1.26 bits per heavy atom. The molecule has 1 aliphatic heterocycles. The molecule has 0 aliphatic carbocycles. The molecule has 1 aromatic carbocycles. The van der Waals surface area contributed by atoms with Crippen LogP contribution in [-0.2, 0) is 11.3 Å². The number of hydrogen-bond acceptors (Lipinski definition) is 3. The van der Waals surface area contributed by atoms with E-state index in [4.69, 9.17) is 9.84 Å². The monoisotopic (exact) mass is 320 g/mol. The molecule has 0 bridgehead atoms. The molecule has 2 amide bonds. The van der Waals surface area contributed by atoms with Crippen molar-refractivity contribution in [1.29, 1.82) is 0 Å². The smallest absolute Gasteiger partial charge is 0.335 e. The summed E-state index contributed by atoms with van der Waals surface area (Å²) in [5.74, 6) is -0.419. The van der Waals surface area contributed by atoms with Gasteiger partial charge in [-0.25, -0.2) is 9.59 Å². The number of rotatable bonds is 5. The summed E-state index contributed by atoms with van der Waals surface area (Å²) < 4.78 is 5.20. The van der Waals surface area contributed by atoms with E-state index in [9.17, 15) is 9.59 Å². The van der Waals surface area contributed by atoms with Crippen LogP contribution in [0.4, 0.5) is 4.79 Å². The van der Waals surface area contributed by atoms with Crippen molar-refractivity contribution in [3.63, 3.8) is 0 Å². The van der Waals surface area contributed by atoms with Crippen molar-refractivity contribution >= 4 is 12.0 Å². The Balaban J connectivity index is 1.81. The topological polar surface area (TPSA) is 78.9 Å². The SMILES string of the molecule is COCC1CCCN(C(=O)NCc2ccc(C(=O)O)cc2)CC1. The number of ether oxygens (including phenoxy) is 1. The Bertz CT molecular complexity index is 530. The lowest BCUT2D eigenvalue weighted by molar-refractivity contribution is 0.0697. The van der Waals surface area contributed by atoms with Gasteiger partial charge in [0.15, 0.2) is 0 Å². The first kappa shape index (κ1) is 17.3. The number of nitrogens with one attached hydrogen (secondary N) is 1. The van der Waals surface area contributed by atoms with Gasteiger partial charge in [-0.05, 0) is 42.9 Å². The predicted molar refractivity (Wildman–Crippen MR) is 86.4 cm³/mol. The van der Waals surface area contributed by atoms with Crippen molar-refractivity contribution in [2.45, 2.75) is 25.8 Å². The second-order valence-corrected chi connectivity index (χ2v) is 5.90. The third-order valence-corrected chi connectivity index (χ3v) is 4.18. The van der Waals surface area contributed by atoms with Crippen molar-refractivity contribution in [2.24, 2.45) is 5.92 Å². The number of carbonyl (C=O) groups excluding carboxylic acids is 1. The average molecular weight is 320 g/mol. The van der Waals surface area contributed by atoms with E-state index in [2.05, 4.69) is 5.32 Å². The number of carbonyl (C=O) groups is 2. The summed E-state index contributed by atoms with van der Waals surface area (Å²) in [7, 11) is 1.71. The first-order chi connectivity index (χ1) is 11.1. The van der Waals surface area contributed by atoms with E-state index in [1.54, 1.807) is 31.4 Å². The number of hydrogen-bond donors (Lipinski definition) is 2. The highest BCUT2D eigenvalue weighted by molar-refractivity contribution is 5.87. The van der Waals surface area contributed by atoms with Crippen LogP contribution in [0.2, 0.25) is 0 Å². The fourth-order valence-corrected chi connectivity index (χ4v) is 2.83. The molecule has 1 heterocycles. The van der Waals surface area contributed by atoms with Crippen LogP contribution in [0, 0.1) is 5.92 Å². The summed E-state index contributed by atoms with van der Waals surface area (Å²) in [5, 5.41) is 11.8. The van der Waals surface area contributed by atoms with Gasteiger partial charge in [0.1, 0.15) is 0 Å². The Morgan fingerprint density at radius 2 is 2.00 bits per heavy atom. The summed E-state index contributed by atoms with van der Waals surface area (Å²) in [6, 6.07) is 6.47. The van der Waals surface area contributed by atoms with Gasteiger partial charge in [-0.3, -0.25) is 0 Å². The quantitative estimate of drug-likeness (QED) is 0.873. The maximum Gasteiger partial charge on any atom is 0.335 e. The molecule has 2 rings (SSSR count). The minimum Gasteiger partial charge on any atom is -0.478 e. The largest absolute Gasteiger partial charge is 0.478 e. The van der Waals surface area contributed by atoms with E-state index in [0.717, 1.165) is 44.5 Å². The van der Waals surface area contributed by atoms with Crippen molar-refractivity contribution in [2.75, 3.05) is 26.8 Å². The van der Waals surface area contributed by atoms with Gasteiger partial charge in [0.25, 0.3) is 0 Å². The van der Waals surface area contributed by atoms with Crippen LogP contribution in [0.1, 0.15) is 35.2 Å². The molecular weight excluding hydrogens is 296 g/mol. The molecule has 0 radical (unpaired) electrons. The normalized spacial score (nSPS) is 18.3. The fourth-order valence-electron chi connectivity index (χ4n) is 2.83. The molecule has 0 spiro atoms. The van der Waals surface area contributed by atoms with Crippen molar-refractivity contribution in [3.8, 4) is 0 Å². The zero-order chi connectivity index (χ0) is 16.7. The molecule has 6 heteroatoms. The lowest BCUT2D eigenvalue weighted by Gasteiger charge is -2.21. The van der Waals surface area contributed by atoms with Crippen LogP contribution in [0.15, 0.2) is 24.3 Å². The Kier molecular flexibility index (Phi) is 6.40. The molecule has 2 N–H and O–H groups in total. The number of methoxy groups -OCH3 is 1. The molecular formula is C17H24N2O4. The number of carboxylic acid groups (broad SMARTS) is 1. The molecule has 1 aromatic rings. The van der Waals surface area contributed by atoms with Crippen molar-refractivity contribution in [1.82, 2.24) is 10.2 Å². The number of aromatic carboxylic acids is 1. The van der Waals surface area contributed by atoms with E-state index in [1.165, 1.54) is 0 Å². The summed E-state index contributed by atoms with van der Waals surface area (Å²) in [4.78, 5) is 24.9. The van der Waals surface area contributed by atoms with Gasteiger partial charge in [0.2, 0.25) is 0 Å². The van der Waals surface area contributed by atoms with Gasteiger partial charge >= 0.3 is 12.0 Å². The average Bonchev–Trinajstić information content (AvgIpc) is 2.79. The van der Waals surface area contributed by atoms with Gasteiger partial charge in [-0.1, -0.05) is 12.1 Å². The van der Waals surface area contributed by atoms with E-state index < -0.39 is 5.97 Å². The molecule has 0 aromatic heterocycles. The maximum atomic E-state index is 12.3. The molecule has 1 unspecified atom stereocenters. The molecule has 1 saturated heterocycles. The highest BCUT2D eigenvalue weighted by Crippen LogP contribution is 2.17. The first-order valence-electron chi connectivity index (χ1n) is 7.94. The van der Waals surface area contributed by atoms with Gasteiger partial charge in [0.05, 0.1) is 5.56 Å². The predicted octanol–water partition coefficient (Wildman–Crippen LogP) is 2.34. The van der Waals surface area contributed by atoms with Crippen molar-refractivity contribution in [3.05, 3.63) is 35.4 Å². The molecule has 23 heavy (non-hydrogen) atoms. The number of urea groups is 1. The number of benzene rings is 1. The minimum absolute atomic E-state index is 0.0645. The maximum absolute atomic E-state index is 12.3. The second-order valence-electron chi connectivity index (χ2n) is 5.90. The van der Waals surface area contributed by atoms with Crippen LogP contribution in [0.3, 0.4) is 0 Å². The standard InChI is InChI=1S/C17H24N2O4/c1-23-12-14-3-2-9-19(10-8-14)17(22)18-11-13-4-6-15(7-5-13)16(20)21/h4-7,14H,2-3,8-12H2,1H3,(H,18,22)(H,20,21). The zero-order valence-electron chi connectivity index (χ0n) is 13.5. The highest BCUT2D eigenvalue weighted by atomic mass is 16.5. The van der Waals surface area contributed by atoms with E-state index >= 15 is 0 Å². The number of amides is 2. The summed E-state index contributed by atoms with van der Waals surface area (Å²) >= 11 is 0. The number of carboxylic acids is 1. The van der Waals surface area contributed by atoms with E-state index in [-0.39, 0.29) is 11.6 Å². The number of likely N-dealkylation sites (tertiary alicyclic amines) is 1. The van der Waals surface area contributed by atoms with Crippen LogP contribution in [0.25, 0.3) is 0 Å². The Hall–Kier alpha value is -2.08. The zero-order valence-corrected chi connectivity index (χ0v) is 13.5. The van der Waals surface area contributed by atoms with E-state index in [0.29, 0.717) is 12.5 Å². The Labute approximate surface area is 136 Å². The van der Waals surface area contributed by atoms with Crippen molar-refractivity contribution < 1.29 is 19.4 Å². The van der Waals surface area contributed by atoms with Gasteiger partial charge in [-0.15, -0.1) is 0 Å². The molecule has 1 fully saturated rings. The summed E-state index contributed by atoms with van der Waals surface area (Å²) in [6.07, 6.45) is 3.05. The van der Waals surface area contributed by atoms with Gasteiger partial charge < -0.3 is 20.1 Å². The summed E-state index contributed by atoms with van der Waals surface area (Å²) in [6.45, 7) is 2.67. The molecule has 1 aliphatic rings. The third kappa shape index (κ3) is 5.25. The third-order valence-electron chi connectivity index (χ3n) is 4.18. The summed E-state index contributed by atoms with van der Waals surface area (Å²) in [5.41, 5.74) is 1.13. The lowest BCUT2D eigenvalue weighted by Crippen LogP contribution is -2.40. The molecule has 6 nitrogen and oxygen atoms in total. The second kappa shape index (κ2) is 8.53. The van der Waals surface area contributed by atoms with Gasteiger partial charge in [-0.2, -0.15) is 0 Å². The molecule has 126 valence electrons. The van der Waals surface area contributed by atoms with Crippen LogP contribution >= 0.6 is 0 Å². The van der Waals surface area contributed by atoms with E-state index in [1.807, 2.05) is 4.90 Å².